The number of benzene rings is 1. The van der Waals surface area contributed by atoms with Crippen LogP contribution in [0.2, 0.25) is 0 Å². The van der Waals surface area contributed by atoms with Crippen LogP contribution >= 0.6 is 10.5 Å². The first-order valence-electron chi connectivity index (χ1n) is 6.00. The van der Waals surface area contributed by atoms with Gasteiger partial charge >= 0.3 is 5.51 Å². The highest BCUT2D eigenvalue weighted by molar-refractivity contribution is 7.38. The maximum atomic E-state index is 13.3. The number of halogens is 3. The average molecular weight is 273 g/mol. The summed E-state index contributed by atoms with van der Waals surface area (Å²) in [4.78, 5) is 0.512. The van der Waals surface area contributed by atoms with E-state index < -0.39 is 16.0 Å². The quantitative estimate of drug-likeness (QED) is 0.611. The summed E-state index contributed by atoms with van der Waals surface area (Å²) in [7, 11) is -1.74. The molecule has 1 aromatic heterocycles. The minimum Gasteiger partial charge on any atom is -0.118 e. The molecular formula is C14H16F3S+. The maximum Gasteiger partial charge on any atom is 0.600 e. The van der Waals surface area contributed by atoms with Crippen molar-refractivity contribution in [1.82, 2.24) is 0 Å². The van der Waals surface area contributed by atoms with Gasteiger partial charge in [0, 0.05) is 17.4 Å². The van der Waals surface area contributed by atoms with Gasteiger partial charge in [0.15, 0.2) is 9.58 Å². The molecule has 0 fully saturated rings. The van der Waals surface area contributed by atoms with Gasteiger partial charge in [-0.1, -0.05) is 32.9 Å². The number of hydrogen-bond acceptors (Lipinski definition) is 0. The standard InChI is InChI=1S/C14H16F3S/c1-4-10-6-5-7-12-11(10)8-13(9(2)3)18(12)14(15,16)17/h5-9H,4H2,1-3H3/q+1. The second kappa shape index (κ2) is 4.57. The summed E-state index contributed by atoms with van der Waals surface area (Å²) in [6.45, 7) is 5.63. The maximum absolute atomic E-state index is 13.3. The molecule has 0 aliphatic carbocycles. The van der Waals surface area contributed by atoms with Crippen LogP contribution in [0.25, 0.3) is 10.1 Å². The third-order valence-electron chi connectivity index (χ3n) is 3.08. The summed E-state index contributed by atoms with van der Waals surface area (Å²) in [5.74, 6) is -0.0768. The Bertz CT molecular complexity index is 564. The summed E-state index contributed by atoms with van der Waals surface area (Å²) in [5.41, 5.74) is -3.17. The lowest BCUT2D eigenvalue weighted by molar-refractivity contribution is -0.0868. The molecule has 0 aliphatic rings. The van der Waals surface area contributed by atoms with E-state index >= 15 is 0 Å². The molecule has 1 aromatic carbocycles. The molecule has 0 radical (unpaired) electrons. The Balaban J connectivity index is 2.84. The van der Waals surface area contributed by atoms with Crippen LogP contribution in [0.3, 0.4) is 0 Å². The Kier molecular flexibility index (Phi) is 3.41. The zero-order valence-corrected chi connectivity index (χ0v) is 11.5. The van der Waals surface area contributed by atoms with Gasteiger partial charge in [-0.2, -0.15) is 0 Å². The minimum absolute atomic E-state index is 0.0768. The van der Waals surface area contributed by atoms with E-state index in [4.69, 9.17) is 0 Å². The summed E-state index contributed by atoms with van der Waals surface area (Å²) < 4.78 is 40.2. The van der Waals surface area contributed by atoms with Crippen molar-refractivity contribution >= 4 is 20.6 Å². The van der Waals surface area contributed by atoms with E-state index in [-0.39, 0.29) is 5.92 Å². The zero-order valence-electron chi connectivity index (χ0n) is 10.6. The number of hydrogen-bond donors (Lipinski definition) is 0. The summed E-state index contributed by atoms with van der Waals surface area (Å²) >= 11 is 0. The molecule has 18 heavy (non-hydrogen) atoms. The lowest BCUT2D eigenvalue weighted by Gasteiger charge is -2.02. The lowest BCUT2D eigenvalue weighted by Crippen LogP contribution is -1.99. The van der Waals surface area contributed by atoms with Crippen LogP contribution in [0, 0.1) is 0 Å². The molecule has 98 valence electrons. The van der Waals surface area contributed by atoms with E-state index in [0.717, 1.165) is 17.4 Å². The zero-order chi connectivity index (χ0) is 13.5. The summed E-state index contributed by atoms with van der Waals surface area (Å²) in [5, 5.41) is 0.796. The van der Waals surface area contributed by atoms with Crippen molar-refractivity contribution in [3.05, 3.63) is 34.7 Å². The van der Waals surface area contributed by atoms with E-state index in [2.05, 4.69) is 0 Å². The number of rotatable bonds is 2. The molecule has 2 rings (SSSR count). The largest absolute Gasteiger partial charge is 0.600 e. The van der Waals surface area contributed by atoms with Gasteiger partial charge in [-0.05, 0) is 18.1 Å². The second-order valence-electron chi connectivity index (χ2n) is 4.64. The van der Waals surface area contributed by atoms with Gasteiger partial charge in [0.1, 0.15) is 0 Å². The first-order valence-corrected chi connectivity index (χ1v) is 7.23. The second-order valence-corrected chi connectivity index (χ2v) is 6.62. The Morgan fingerprint density at radius 2 is 1.89 bits per heavy atom. The highest BCUT2D eigenvalue weighted by Crippen LogP contribution is 2.53. The number of aryl methyl sites for hydroxylation is 1. The first-order chi connectivity index (χ1) is 8.36. The fourth-order valence-electron chi connectivity index (χ4n) is 2.23. The molecule has 1 unspecified atom stereocenters. The van der Waals surface area contributed by atoms with Crippen LogP contribution in [0.5, 0.6) is 0 Å². The number of fused-ring (bicyclic) bond motifs is 1. The topological polar surface area (TPSA) is 0 Å². The van der Waals surface area contributed by atoms with E-state index in [1.165, 1.54) is 0 Å². The van der Waals surface area contributed by atoms with Crippen molar-refractivity contribution in [2.24, 2.45) is 0 Å². The van der Waals surface area contributed by atoms with Crippen molar-refractivity contribution in [1.29, 1.82) is 0 Å². The predicted molar refractivity (Wildman–Crippen MR) is 71.2 cm³/mol. The molecular weight excluding hydrogens is 257 g/mol. The summed E-state index contributed by atoms with van der Waals surface area (Å²) in [6, 6.07) is 7.03. The van der Waals surface area contributed by atoms with Gasteiger partial charge in [-0.15, -0.1) is 13.2 Å². The molecule has 4 heteroatoms. The van der Waals surface area contributed by atoms with E-state index in [0.29, 0.717) is 9.58 Å². The highest BCUT2D eigenvalue weighted by atomic mass is 32.2. The molecule has 0 spiro atoms. The van der Waals surface area contributed by atoms with Gasteiger partial charge < -0.3 is 0 Å². The molecule has 0 saturated carbocycles. The Labute approximate surface area is 107 Å². The van der Waals surface area contributed by atoms with Crippen LogP contribution in [-0.2, 0) is 11.9 Å². The molecule has 0 saturated heterocycles. The lowest BCUT2D eigenvalue weighted by atomic mass is 10.1. The van der Waals surface area contributed by atoms with Crippen LogP contribution < -0.4 is 0 Å². The Morgan fingerprint density at radius 1 is 1.22 bits per heavy atom. The molecule has 1 atom stereocenters. The van der Waals surface area contributed by atoms with Gasteiger partial charge in [0.25, 0.3) is 0 Å². The highest BCUT2D eigenvalue weighted by Gasteiger charge is 2.48. The minimum atomic E-state index is -4.17. The predicted octanol–water partition coefficient (Wildman–Crippen LogP) is 5.75. The molecule has 0 N–H and O–H groups in total. The van der Waals surface area contributed by atoms with Gasteiger partial charge in [0.2, 0.25) is 0 Å². The van der Waals surface area contributed by atoms with Crippen molar-refractivity contribution in [2.75, 3.05) is 0 Å². The normalized spacial score (nSPS) is 13.6. The van der Waals surface area contributed by atoms with E-state index in [9.17, 15) is 13.2 Å². The fourth-order valence-corrected chi connectivity index (χ4v) is 4.33. The van der Waals surface area contributed by atoms with Crippen molar-refractivity contribution in [3.8, 4) is 0 Å². The number of thiophene rings is 1. The van der Waals surface area contributed by atoms with Gasteiger partial charge in [0.05, 0.1) is 10.5 Å². The van der Waals surface area contributed by atoms with Gasteiger partial charge in [-0.25, -0.2) is 0 Å². The SMILES string of the molecule is CCc1cccc2c1cc(C(C)C)[s+]2C(F)(F)F. The Hall–Kier alpha value is -1.03. The van der Waals surface area contributed by atoms with Crippen LogP contribution in [0.15, 0.2) is 24.3 Å². The molecule has 0 aliphatic heterocycles. The van der Waals surface area contributed by atoms with Crippen molar-refractivity contribution in [3.63, 3.8) is 0 Å². The number of alkyl halides is 3. The molecule has 1 heterocycles. The smallest absolute Gasteiger partial charge is 0.118 e. The molecule has 2 aromatic rings. The Morgan fingerprint density at radius 3 is 2.39 bits per heavy atom. The monoisotopic (exact) mass is 273 g/mol. The van der Waals surface area contributed by atoms with Crippen LogP contribution in [0.1, 0.15) is 37.1 Å². The molecule has 0 nitrogen and oxygen atoms in total. The molecule has 0 amide bonds. The van der Waals surface area contributed by atoms with Crippen molar-refractivity contribution in [2.45, 2.75) is 38.6 Å². The average Bonchev–Trinajstić information content (AvgIpc) is 2.67. The fraction of sp³-hybridized carbons (Fsp3) is 0.429. The van der Waals surface area contributed by atoms with E-state index in [1.54, 1.807) is 18.2 Å². The third kappa shape index (κ3) is 2.14. The van der Waals surface area contributed by atoms with Crippen LogP contribution in [0.4, 0.5) is 13.2 Å². The van der Waals surface area contributed by atoms with Gasteiger partial charge in [-0.3, -0.25) is 0 Å². The third-order valence-corrected chi connectivity index (χ3v) is 5.40. The first kappa shape index (κ1) is 13.4. The molecule has 0 bridgehead atoms. The summed E-state index contributed by atoms with van der Waals surface area (Å²) in [6.07, 6.45) is 0.764. The van der Waals surface area contributed by atoms with E-state index in [1.807, 2.05) is 26.8 Å². The van der Waals surface area contributed by atoms with Crippen LogP contribution in [-0.4, -0.2) is 0 Å². The van der Waals surface area contributed by atoms with Crippen molar-refractivity contribution < 1.29 is 13.2 Å².